The fourth-order valence-corrected chi connectivity index (χ4v) is 2.50. The molecule has 1 aliphatic rings. The van der Waals surface area contributed by atoms with Crippen molar-refractivity contribution in [3.63, 3.8) is 0 Å². The van der Waals surface area contributed by atoms with Gasteiger partial charge in [-0.3, -0.25) is 10.1 Å². The molecule has 0 saturated carbocycles. The van der Waals surface area contributed by atoms with Gasteiger partial charge in [-0.1, -0.05) is 12.1 Å². The summed E-state index contributed by atoms with van der Waals surface area (Å²) in [6.45, 7) is 1.31. The first-order chi connectivity index (χ1) is 11.6. The number of hydrogen-bond acceptors (Lipinski definition) is 5. The van der Waals surface area contributed by atoms with Gasteiger partial charge in [-0.2, -0.15) is 13.2 Å². The second-order valence-electron chi connectivity index (χ2n) is 4.89. The Balaban J connectivity index is 2.64. The van der Waals surface area contributed by atoms with E-state index in [9.17, 15) is 28.1 Å². The van der Waals surface area contributed by atoms with Gasteiger partial charge >= 0.3 is 12.1 Å². The van der Waals surface area contributed by atoms with Crippen molar-refractivity contribution in [3.05, 3.63) is 51.2 Å². The summed E-state index contributed by atoms with van der Waals surface area (Å²) >= 11 is 4.77. The number of nitro benzene ring substituents is 1. The van der Waals surface area contributed by atoms with Crippen LogP contribution in [0.3, 0.4) is 0 Å². The van der Waals surface area contributed by atoms with E-state index in [4.69, 9.17) is 17.0 Å². The fraction of sp³-hybridized carbons (Fsp3) is 0.286. The first kappa shape index (κ1) is 18.6. The predicted octanol–water partition coefficient (Wildman–Crippen LogP) is 2.49. The Morgan fingerprint density at radius 3 is 2.68 bits per heavy atom. The van der Waals surface area contributed by atoms with E-state index < -0.39 is 34.4 Å². The van der Waals surface area contributed by atoms with E-state index in [1.807, 2.05) is 5.32 Å². The lowest BCUT2D eigenvalue weighted by Crippen LogP contribution is -2.49. The average Bonchev–Trinajstić information content (AvgIpc) is 2.53. The Hall–Kier alpha value is -2.69. The van der Waals surface area contributed by atoms with Crippen LogP contribution in [-0.2, 0) is 9.53 Å². The van der Waals surface area contributed by atoms with E-state index in [1.54, 1.807) is 0 Å². The number of non-ortho nitro benzene ring substituents is 1. The van der Waals surface area contributed by atoms with Gasteiger partial charge in [0.1, 0.15) is 5.70 Å². The molecule has 7 nitrogen and oxygen atoms in total. The number of allylic oxidation sites excluding steroid dienone is 1. The molecule has 2 rings (SSSR count). The van der Waals surface area contributed by atoms with Gasteiger partial charge < -0.3 is 15.4 Å². The van der Waals surface area contributed by atoms with Gasteiger partial charge in [-0.05, 0) is 24.7 Å². The third-order valence-corrected chi connectivity index (χ3v) is 3.49. The van der Waals surface area contributed by atoms with Gasteiger partial charge in [-0.25, -0.2) is 4.79 Å². The van der Waals surface area contributed by atoms with E-state index in [2.05, 4.69) is 5.32 Å². The van der Waals surface area contributed by atoms with Crippen LogP contribution in [0.2, 0.25) is 0 Å². The number of halogens is 3. The van der Waals surface area contributed by atoms with E-state index in [1.165, 1.54) is 25.1 Å². The smallest absolute Gasteiger partial charge is 0.431 e. The van der Waals surface area contributed by atoms with E-state index in [0.717, 1.165) is 6.07 Å². The highest BCUT2D eigenvalue weighted by Crippen LogP contribution is 2.36. The minimum absolute atomic E-state index is 0.0721. The van der Waals surface area contributed by atoms with Gasteiger partial charge in [0.2, 0.25) is 0 Å². The van der Waals surface area contributed by atoms with Gasteiger partial charge in [0.25, 0.3) is 5.69 Å². The second-order valence-corrected chi connectivity index (χ2v) is 5.30. The van der Waals surface area contributed by atoms with Gasteiger partial charge in [0, 0.05) is 12.1 Å². The normalized spacial score (nSPS) is 17.6. The van der Waals surface area contributed by atoms with Crippen LogP contribution in [0.15, 0.2) is 35.5 Å². The number of nitro groups is 1. The SMILES string of the molecule is CCOC(=O)C1=C(C(F)(F)F)NC(=S)N[C@@H]1c1cccc([N+](=O)[O-])c1. The summed E-state index contributed by atoms with van der Waals surface area (Å²) in [5.74, 6) is -1.20. The predicted molar refractivity (Wildman–Crippen MR) is 84.4 cm³/mol. The average molecular weight is 375 g/mol. The molecule has 0 aromatic heterocycles. The Kier molecular flexibility index (Phi) is 5.26. The summed E-state index contributed by atoms with van der Waals surface area (Å²) in [6, 6.07) is 3.56. The van der Waals surface area contributed by atoms with E-state index >= 15 is 0 Å². The number of benzene rings is 1. The summed E-state index contributed by atoms with van der Waals surface area (Å²) < 4.78 is 44.7. The molecule has 0 unspecified atom stereocenters. The molecule has 0 fully saturated rings. The van der Waals surface area contributed by atoms with Crippen molar-refractivity contribution in [3.8, 4) is 0 Å². The maximum Gasteiger partial charge on any atom is 0.431 e. The summed E-state index contributed by atoms with van der Waals surface area (Å²) in [5.41, 5.74) is -2.36. The quantitative estimate of drug-likeness (QED) is 0.361. The van der Waals surface area contributed by atoms with E-state index in [-0.39, 0.29) is 23.0 Å². The van der Waals surface area contributed by atoms with Crippen LogP contribution in [0, 0.1) is 10.1 Å². The number of nitrogens with zero attached hydrogens (tertiary/aromatic N) is 1. The highest BCUT2D eigenvalue weighted by molar-refractivity contribution is 7.80. The maximum atomic E-state index is 13.3. The third kappa shape index (κ3) is 4.05. The third-order valence-electron chi connectivity index (χ3n) is 3.27. The Bertz CT molecular complexity index is 764. The summed E-state index contributed by atoms with van der Waals surface area (Å²) in [5, 5.41) is 15.0. The Morgan fingerprint density at radius 2 is 2.12 bits per heavy atom. The number of hydrogen-bond donors (Lipinski definition) is 2. The molecule has 0 saturated heterocycles. The van der Waals surface area contributed by atoms with Crippen molar-refractivity contribution in [1.82, 2.24) is 10.6 Å². The molecule has 0 bridgehead atoms. The molecule has 0 amide bonds. The zero-order valence-corrected chi connectivity index (χ0v) is 13.5. The largest absolute Gasteiger partial charge is 0.463 e. The molecular weight excluding hydrogens is 363 g/mol. The summed E-state index contributed by atoms with van der Waals surface area (Å²) in [7, 11) is 0. The van der Waals surface area contributed by atoms with Gasteiger partial charge in [0.15, 0.2) is 5.11 Å². The first-order valence-corrected chi connectivity index (χ1v) is 7.36. The maximum absolute atomic E-state index is 13.3. The number of rotatable bonds is 4. The number of thiocarbonyl (C=S) groups is 1. The molecule has 25 heavy (non-hydrogen) atoms. The number of carbonyl (C=O) groups excluding carboxylic acids is 1. The summed E-state index contributed by atoms with van der Waals surface area (Å²) in [6.07, 6.45) is -4.90. The molecule has 1 heterocycles. The van der Waals surface area contributed by atoms with Crippen LogP contribution in [0.5, 0.6) is 0 Å². The van der Waals surface area contributed by atoms with Crippen LogP contribution in [-0.4, -0.2) is 28.8 Å². The number of ether oxygens (including phenoxy) is 1. The highest BCUT2D eigenvalue weighted by atomic mass is 32.1. The lowest BCUT2D eigenvalue weighted by Gasteiger charge is -2.31. The minimum Gasteiger partial charge on any atom is -0.463 e. The van der Waals surface area contributed by atoms with Crippen molar-refractivity contribution >= 4 is 29.0 Å². The number of esters is 1. The first-order valence-electron chi connectivity index (χ1n) is 6.95. The van der Waals surface area contributed by atoms with Crippen LogP contribution in [0.4, 0.5) is 18.9 Å². The van der Waals surface area contributed by atoms with E-state index in [0.29, 0.717) is 0 Å². The zero-order valence-electron chi connectivity index (χ0n) is 12.7. The molecular formula is C14H12F3N3O4S. The van der Waals surface area contributed by atoms with Crippen molar-refractivity contribution < 1.29 is 27.6 Å². The number of carbonyl (C=O) groups is 1. The van der Waals surface area contributed by atoms with Gasteiger partial charge in [0.05, 0.1) is 23.1 Å². The van der Waals surface area contributed by atoms with Crippen molar-refractivity contribution in [1.29, 1.82) is 0 Å². The molecule has 134 valence electrons. The molecule has 0 aliphatic carbocycles. The molecule has 2 N–H and O–H groups in total. The van der Waals surface area contributed by atoms with Crippen molar-refractivity contribution in [2.45, 2.75) is 19.1 Å². The second kappa shape index (κ2) is 7.05. The topological polar surface area (TPSA) is 93.5 Å². The van der Waals surface area contributed by atoms with Crippen LogP contribution < -0.4 is 10.6 Å². The molecule has 11 heteroatoms. The van der Waals surface area contributed by atoms with Crippen molar-refractivity contribution in [2.75, 3.05) is 6.61 Å². The molecule has 1 aromatic rings. The molecule has 0 radical (unpaired) electrons. The molecule has 0 spiro atoms. The highest BCUT2D eigenvalue weighted by Gasteiger charge is 2.45. The van der Waals surface area contributed by atoms with Crippen LogP contribution in [0.25, 0.3) is 0 Å². The Labute approximate surface area is 145 Å². The molecule has 1 aromatic carbocycles. The summed E-state index contributed by atoms with van der Waals surface area (Å²) in [4.78, 5) is 22.3. The standard InChI is InChI=1S/C14H12F3N3O4S/c1-2-24-12(21)9-10(7-4-3-5-8(6-7)20(22)23)18-13(25)19-11(9)14(15,16)17/h3-6,10H,2H2,1H3,(H2,18,19,25)/t10-/m1/s1. The lowest BCUT2D eigenvalue weighted by atomic mass is 9.94. The molecule has 1 atom stereocenters. The van der Waals surface area contributed by atoms with Crippen LogP contribution in [0.1, 0.15) is 18.5 Å². The monoisotopic (exact) mass is 375 g/mol. The number of nitrogens with one attached hydrogen (secondary N) is 2. The minimum atomic E-state index is -4.90. The number of alkyl halides is 3. The van der Waals surface area contributed by atoms with Crippen molar-refractivity contribution in [2.24, 2.45) is 0 Å². The Morgan fingerprint density at radius 1 is 1.44 bits per heavy atom. The fourth-order valence-electron chi connectivity index (χ4n) is 2.28. The van der Waals surface area contributed by atoms with Gasteiger partial charge in [-0.15, -0.1) is 0 Å². The van der Waals surface area contributed by atoms with Crippen LogP contribution >= 0.6 is 12.2 Å². The lowest BCUT2D eigenvalue weighted by molar-refractivity contribution is -0.384. The zero-order chi connectivity index (χ0) is 18.8. The molecule has 1 aliphatic heterocycles.